The summed E-state index contributed by atoms with van der Waals surface area (Å²) in [6.07, 6.45) is 4.15. The highest BCUT2D eigenvalue weighted by Crippen LogP contribution is 2.22. The van der Waals surface area contributed by atoms with Gasteiger partial charge in [-0.15, -0.1) is 0 Å². The fourth-order valence-electron chi connectivity index (χ4n) is 2.99. The van der Waals surface area contributed by atoms with Crippen LogP contribution in [0.1, 0.15) is 55.2 Å². The predicted octanol–water partition coefficient (Wildman–Crippen LogP) is 1.14. The van der Waals surface area contributed by atoms with E-state index in [1.54, 1.807) is 4.90 Å². The van der Waals surface area contributed by atoms with Gasteiger partial charge in [-0.25, -0.2) is 0 Å². The van der Waals surface area contributed by atoms with Crippen LogP contribution in [0.5, 0.6) is 0 Å². The monoisotopic (exact) mass is 294 g/mol. The molecule has 0 aliphatic carbocycles. The largest absolute Gasteiger partial charge is 0.377 e. The first-order valence-electron chi connectivity index (χ1n) is 7.75. The van der Waals surface area contributed by atoms with Gasteiger partial charge in [0.05, 0.1) is 12.1 Å². The van der Waals surface area contributed by atoms with E-state index in [4.69, 9.17) is 9.26 Å². The number of nitrogens with zero attached hydrogens (tertiary/aromatic N) is 3. The standard InChI is InChI=1S/C14H22N4O3/c1-2-20-10-5-4-8-18(9-10)14(19)12-16-13(21-17-12)11-6-3-7-15-11/h10-11,15H,2-9H2,1H3. The number of likely N-dealkylation sites (tertiary alicyclic amines) is 1. The van der Waals surface area contributed by atoms with Gasteiger partial charge in [0, 0.05) is 19.7 Å². The Kier molecular flexibility index (Phi) is 4.50. The van der Waals surface area contributed by atoms with Crippen molar-refractivity contribution in [3.8, 4) is 0 Å². The molecule has 2 fully saturated rings. The highest BCUT2D eigenvalue weighted by Gasteiger charge is 2.29. The van der Waals surface area contributed by atoms with E-state index in [9.17, 15) is 4.79 Å². The molecule has 3 heterocycles. The maximum Gasteiger partial charge on any atom is 0.295 e. The number of piperidine rings is 1. The Morgan fingerprint density at radius 1 is 1.48 bits per heavy atom. The van der Waals surface area contributed by atoms with Gasteiger partial charge >= 0.3 is 0 Å². The van der Waals surface area contributed by atoms with Crippen LogP contribution in [0.15, 0.2) is 4.52 Å². The van der Waals surface area contributed by atoms with Gasteiger partial charge < -0.3 is 19.5 Å². The van der Waals surface area contributed by atoms with Crippen molar-refractivity contribution in [1.82, 2.24) is 20.4 Å². The van der Waals surface area contributed by atoms with Crippen LogP contribution < -0.4 is 5.32 Å². The van der Waals surface area contributed by atoms with Crippen LogP contribution in [0.25, 0.3) is 0 Å². The van der Waals surface area contributed by atoms with Gasteiger partial charge in [0.15, 0.2) is 0 Å². The summed E-state index contributed by atoms with van der Waals surface area (Å²) in [4.78, 5) is 18.5. The summed E-state index contributed by atoms with van der Waals surface area (Å²) in [6, 6.07) is 0.0941. The van der Waals surface area contributed by atoms with E-state index in [0.29, 0.717) is 19.0 Å². The smallest absolute Gasteiger partial charge is 0.295 e. The average Bonchev–Trinajstić information content (AvgIpc) is 3.18. The van der Waals surface area contributed by atoms with Crippen molar-refractivity contribution in [3.05, 3.63) is 11.7 Å². The van der Waals surface area contributed by atoms with Gasteiger partial charge in [-0.3, -0.25) is 4.79 Å². The minimum Gasteiger partial charge on any atom is -0.377 e. The molecule has 1 amide bonds. The molecular formula is C14H22N4O3. The fourth-order valence-corrected chi connectivity index (χ4v) is 2.99. The molecule has 0 aromatic carbocycles. The van der Waals surface area contributed by atoms with E-state index in [1.165, 1.54) is 0 Å². The van der Waals surface area contributed by atoms with E-state index in [0.717, 1.165) is 38.8 Å². The van der Waals surface area contributed by atoms with E-state index < -0.39 is 0 Å². The lowest BCUT2D eigenvalue weighted by Gasteiger charge is -2.31. The normalized spacial score (nSPS) is 26.2. The SMILES string of the molecule is CCOC1CCCN(C(=O)c2noc(C3CCCN3)n2)C1. The fraction of sp³-hybridized carbons (Fsp3) is 0.786. The molecule has 0 bridgehead atoms. The summed E-state index contributed by atoms with van der Waals surface area (Å²) < 4.78 is 10.8. The number of carbonyl (C=O) groups excluding carboxylic acids is 1. The van der Waals surface area contributed by atoms with Gasteiger partial charge in [0.2, 0.25) is 5.89 Å². The molecule has 2 aliphatic heterocycles. The van der Waals surface area contributed by atoms with Crippen molar-refractivity contribution >= 4 is 5.91 Å². The highest BCUT2D eigenvalue weighted by molar-refractivity contribution is 5.90. The van der Waals surface area contributed by atoms with Gasteiger partial charge in [0.25, 0.3) is 11.7 Å². The number of ether oxygens (including phenoxy) is 1. The third-order valence-corrected chi connectivity index (χ3v) is 4.06. The first-order valence-corrected chi connectivity index (χ1v) is 7.75. The molecule has 3 rings (SSSR count). The minimum absolute atomic E-state index is 0.0941. The maximum absolute atomic E-state index is 12.4. The quantitative estimate of drug-likeness (QED) is 0.897. The lowest BCUT2D eigenvalue weighted by Crippen LogP contribution is -2.43. The van der Waals surface area contributed by atoms with E-state index >= 15 is 0 Å². The summed E-state index contributed by atoms with van der Waals surface area (Å²) in [5.41, 5.74) is 0. The number of aromatic nitrogens is 2. The maximum atomic E-state index is 12.4. The van der Waals surface area contributed by atoms with Crippen molar-refractivity contribution in [2.75, 3.05) is 26.2 Å². The summed E-state index contributed by atoms with van der Waals surface area (Å²) in [7, 11) is 0. The van der Waals surface area contributed by atoms with Gasteiger partial charge in [-0.2, -0.15) is 4.98 Å². The Morgan fingerprint density at radius 3 is 3.14 bits per heavy atom. The lowest BCUT2D eigenvalue weighted by molar-refractivity contribution is 0.00670. The zero-order valence-electron chi connectivity index (χ0n) is 12.4. The second kappa shape index (κ2) is 6.53. The van der Waals surface area contributed by atoms with Crippen molar-refractivity contribution < 1.29 is 14.1 Å². The van der Waals surface area contributed by atoms with Crippen molar-refractivity contribution in [2.45, 2.75) is 44.8 Å². The van der Waals surface area contributed by atoms with Crippen molar-refractivity contribution in [1.29, 1.82) is 0 Å². The molecule has 2 saturated heterocycles. The molecular weight excluding hydrogens is 272 g/mol. The van der Waals surface area contributed by atoms with E-state index in [-0.39, 0.29) is 23.9 Å². The third kappa shape index (κ3) is 3.24. The number of rotatable bonds is 4. The lowest BCUT2D eigenvalue weighted by atomic mass is 10.1. The highest BCUT2D eigenvalue weighted by atomic mass is 16.5. The van der Waals surface area contributed by atoms with Crippen LogP contribution in [-0.4, -0.2) is 53.3 Å². The minimum atomic E-state index is -0.160. The van der Waals surface area contributed by atoms with E-state index in [1.807, 2.05) is 6.92 Å². The Hall–Kier alpha value is -1.47. The summed E-state index contributed by atoms with van der Waals surface area (Å²) in [5.74, 6) is 0.525. The number of nitrogens with one attached hydrogen (secondary N) is 1. The van der Waals surface area contributed by atoms with Crippen LogP contribution in [0.3, 0.4) is 0 Å². The molecule has 1 aromatic heterocycles. The van der Waals surface area contributed by atoms with Crippen molar-refractivity contribution in [3.63, 3.8) is 0 Å². The second-order valence-corrected chi connectivity index (χ2v) is 5.58. The van der Waals surface area contributed by atoms with Crippen molar-refractivity contribution in [2.24, 2.45) is 0 Å². The first kappa shape index (κ1) is 14.5. The van der Waals surface area contributed by atoms with Crippen LogP contribution in [-0.2, 0) is 4.74 Å². The Morgan fingerprint density at radius 2 is 2.38 bits per heavy atom. The second-order valence-electron chi connectivity index (χ2n) is 5.58. The zero-order chi connectivity index (χ0) is 14.7. The van der Waals surface area contributed by atoms with Gasteiger partial charge in [-0.1, -0.05) is 5.16 Å². The molecule has 0 radical (unpaired) electrons. The number of hydrogen-bond acceptors (Lipinski definition) is 6. The number of hydrogen-bond donors (Lipinski definition) is 1. The predicted molar refractivity (Wildman–Crippen MR) is 74.8 cm³/mol. The molecule has 116 valence electrons. The molecule has 2 unspecified atom stereocenters. The molecule has 2 aliphatic rings. The number of amides is 1. The molecule has 1 N–H and O–H groups in total. The van der Waals surface area contributed by atoms with Crippen LogP contribution >= 0.6 is 0 Å². The van der Waals surface area contributed by atoms with Gasteiger partial charge in [0.1, 0.15) is 0 Å². The molecule has 0 spiro atoms. The zero-order valence-corrected chi connectivity index (χ0v) is 12.4. The van der Waals surface area contributed by atoms with Crippen LogP contribution in [0.4, 0.5) is 0 Å². The first-order chi connectivity index (χ1) is 10.3. The average molecular weight is 294 g/mol. The number of carbonyl (C=O) groups is 1. The molecule has 0 saturated carbocycles. The Bertz CT molecular complexity index is 482. The molecule has 1 aromatic rings. The summed E-state index contributed by atoms with van der Waals surface area (Å²) in [6.45, 7) is 4.94. The topological polar surface area (TPSA) is 80.5 Å². The Labute approximate surface area is 124 Å². The van der Waals surface area contributed by atoms with Crippen LogP contribution in [0, 0.1) is 0 Å². The molecule has 7 nitrogen and oxygen atoms in total. The Balaban J connectivity index is 1.64. The van der Waals surface area contributed by atoms with E-state index in [2.05, 4.69) is 15.5 Å². The van der Waals surface area contributed by atoms with Gasteiger partial charge in [-0.05, 0) is 39.2 Å². The molecule has 2 atom stereocenters. The third-order valence-electron chi connectivity index (χ3n) is 4.06. The summed E-state index contributed by atoms with van der Waals surface area (Å²) >= 11 is 0. The molecule has 21 heavy (non-hydrogen) atoms. The molecule has 7 heteroatoms. The summed E-state index contributed by atoms with van der Waals surface area (Å²) in [5, 5.41) is 7.14. The van der Waals surface area contributed by atoms with Crippen LogP contribution in [0.2, 0.25) is 0 Å².